The SMILES string of the molecule is COc1ccc2c(c1)CCN(C(=O)CCN(C)C[C@H]1Cc3cc(OC)c(OC)cc31)CC2.Cl. The largest absolute Gasteiger partial charge is 0.497 e. The van der Waals surface area contributed by atoms with Crippen molar-refractivity contribution in [2.45, 2.75) is 31.6 Å². The van der Waals surface area contributed by atoms with Gasteiger partial charge in [-0.15, -0.1) is 12.4 Å². The minimum absolute atomic E-state index is 0. The van der Waals surface area contributed by atoms with Crippen LogP contribution in [0.3, 0.4) is 0 Å². The molecule has 6 nitrogen and oxygen atoms in total. The number of rotatable bonds is 8. The Labute approximate surface area is 203 Å². The van der Waals surface area contributed by atoms with Gasteiger partial charge in [-0.3, -0.25) is 4.79 Å². The summed E-state index contributed by atoms with van der Waals surface area (Å²) in [5, 5.41) is 0. The van der Waals surface area contributed by atoms with Crippen LogP contribution in [-0.4, -0.2) is 70.3 Å². The lowest BCUT2D eigenvalue weighted by Gasteiger charge is -2.34. The van der Waals surface area contributed by atoms with E-state index >= 15 is 0 Å². The Hall–Kier alpha value is -2.44. The molecule has 1 aliphatic carbocycles. The summed E-state index contributed by atoms with van der Waals surface area (Å²) in [6, 6.07) is 10.4. The van der Waals surface area contributed by atoms with E-state index < -0.39 is 0 Å². The highest BCUT2D eigenvalue weighted by molar-refractivity contribution is 5.85. The van der Waals surface area contributed by atoms with Crippen LogP contribution in [0.15, 0.2) is 30.3 Å². The molecule has 0 N–H and O–H groups in total. The Bertz CT molecular complexity index is 981. The van der Waals surface area contributed by atoms with Gasteiger partial charge in [0.05, 0.1) is 21.3 Å². The van der Waals surface area contributed by atoms with Crippen molar-refractivity contribution in [3.8, 4) is 17.2 Å². The maximum atomic E-state index is 12.9. The number of nitrogens with zero attached hydrogens (tertiary/aromatic N) is 2. The van der Waals surface area contributed by atoms with Gasteiger partial charge in [0.15, 0.2) is 11.5 Å². The maximum absolute atomic E-state index is 12.9. The molecule has 0 fully saturated rings. The van der Waals surface area contributed by atoms with E-state index in [0.29, 0.717) is 12.3 Å². The third-order valence-corrected chi connectivity index (χ3v) is 6.86. The average Bonchev–Trinajstić information content (AvgIpc) is 3.02. The molecule has 0 saturated heterocycles. The predicted octanol–water partition coefficient (Wildman–Crippen LogP) is 3.72. The summed E-state index contributed by atoms with van der Waals surface area (Å²) in [6.07, 6.45) is 3.40. The van der Waals surface area contributed by atoms with Gasteiger partial charge in [-0.2, -0.15) is 0 Å². The fraction of sp³-hybridized carbons (Fsp3) is 0.500. The summed E-state index contributed by atoms with van der Waals surface area (Å²) in [4.78, 5) is 17.2. The number of ether oxygens (including phenoxy) is 3. The number of fused-ring (bicyclic) bond motifs is 2. The number of halogens is 1. The van der Waals surface area contributed by atoms with Crippen LogP contribution < -0.4 is 14.2 Å². The number of hydrogen-bond donors (Lipinski definition) is 0. The van der Waals surface area contributed by atoms with Gasteiger partial charge in [0.2, 0.25) is 5.91 Å². The zero-order valence-corrected chi connectivity index (χ0v) is 20.9. The van der Waals surface area contributed by atoms with Gasteiger partial charge in [-0.05, 0) is 72.8 Å². The average molecular weight is 475 g/mol. The monoisotopic (exact) mass is 474 g/mol. The second-order valence-corrected chi connectivity index (χ2v) is 8.83. The Balaban J connectivity index is 0.00000306. The minimum Gasteiger partial charge on any atom is -0.497 e. The summed E-state index contributed by atoms with van der Waals surface area (Å²) < 4.78 is 16.2. The van der Waals surface area contributed by atoms with Crippen molar-refractivity contribution in [1.29, 1.82) is 0 Å². The number of benzene rings is 2. The fourth-order valence-corrected chi connectivity index (χ4v) is 4.89. The second kappa shape index (κ2) is 11.1. The summed E-state index contributed by atoms with van der Waals surface area (Å²) in [7, 11) is 7.15. The first kappa shape index (κ1) is 25.2. The highest BCUT2D eigenvalue weighted by atomic mass is 35.5. The van der Waals surface area contributed by atoms with Gasteiger partial charge in [-0.25, -0.2) is 0 Å². The van der Waals surface area contributed by atoms with E-state index in [1.165, 1.54) is 22.3 Å². The van der Waals surface area contributed by atoms with Gasteiger partial charge >= 0.3 is 0 Å². The number of carbonyl (C=O) groups is 1. The van der Waals surface area contributed by atoms with Crippen molar-refractivity contribution in [2.75, 3.05) is 54.6 Å². The summed E-state index contributed by atoms with van der Waals surface area (Å²) in [5.74, 6) is 3.19. The Kier molecular flexibility index (Phi) is 8.49. The lowest BCUT2D eigenvalue weighted by molar-refractivity contribution is -0.131. The van der Waals surface area contributed by atoms with Crippen molar-refractivity contribution >= 4 is 18.3 Å². The molecule has 2 aromatic rings. The second-order valence-electron chi connectivity index (χ2n) is 8.83. The smallest absolute Gasteiger partial charge is 0.223 e. The molecular weight excluding hydrogens is 440 g/mol. The highest BCUT2D eigenvalue weighted by Gasteiger charge is 2.29. The van der Waals surface area contributed by atoms with Crippen molar-refractivity contribution in [1.82, 2.24) is 9.80 Å². The number of likely N-dealkylation sites (N-methyl/N-ethyl adjacent to an activating group) is 1. The molecule has 1 heterocycles. The Morgan fingerprint density at radius 3 is 2.36 bits per heavy atom. The van der Waals surface area contributed by atoms with E-state index in [-0.39, 0.29) is 18.3 Å². The molecule has 7 heteroatoms. The molecule has 0 bridgehead atoms. The normalized spacial score (nSPS) is 16.6. The van der Waals surface area contributed by atoms with Gasteiger partial charge < -0.3 is 24.0 Å². The molecule has 33 heavy (non-hydrogen) atoms. The van der Waals surface area contributed by atoms with E-state index in [2.05, 4.69) is 36.2 Å². The first-order chi connectivity index (χ1) is 15.5. The number of amides is 1. The van der Waals surface area contributed by atoms with E-state index in [9.17, 15) is 4.79 Å². The quantitative estimate of drug-likeness (QED) is 0.583. The molecular formula is C26H35ClN2O4. The first-order valence-corrected chi connectivity index (χ1v) is 11.4. The zero-order chi connectivity index (χ0) is 22.7. The molecule has 0 unspecified atom stereocenters. The van der Waals surface area contributed by atoms with Crippen LogP contribution in [0, 0.1) is 0 Å². The molecule has 1 aliphatic heterocycles. The summed E-state index contributed by atoms with van der Waals surface area (Å²) in [6.45, 7) is 3.29. The Morgan fingerprint density at radius 2 is 1.67 bits per heavy atom. The highest BCUT2D eigenvalue weighted by Crippen LogP contribution is 2.42. The number of methoxy groups -OCH3 is 3. The molecule has 0 aromatic heterocycles. The number of hydrogen-bond acceptors (Lipinski definition) is 5. The van der Waals surface area contributed by atoms with Gasteiger partial charge in [0.1, 0.15) is 5.75 Å². The lowest BCUT2D eigenvalue weighted by Crippen LogP contribution is -2.37. The van der Waals surface area contributed by atoms with Crippen LogP contribution in [0.5, 0.6) is 17.2 Å². The molecule has 1 atom stereocenters. The van der Waals surface area contributed by atoms with Crippen LogP contribution in [-0.2, 0) is 24.1 Å². The van der Waals surface area contributed by atoms with Crippen molar-refractivity contribution in [3.05, 3.63) is 52.6 Å². The molecule has 2 aliphatic rings. The molecule has 0 saturated carbocycles. The number of carbonyl (C=O) groups excluding carboxylic acids is 1. The van der Waals surface area contributed by atoms with E-state index in [4.69, 9.17) is 14.2 Å². The van der Waals surface area contributed by atoms with Gasteiger partial charge in [-0.1, -0.05) is 6.07 Å². The Morgan fingerprint density at radius 1 is 0.970 bits per heavy atom. The molecule has 4 rings (SSSR count). The molecule has 180 valence electrons. The minimum atomic E-state index is 0. The maximum Gasteiger partial charge on any atom is 0.223 e. The summed E-state index contributed by atoms with van der Waals surface area (Å²) >= 11 is 0. The molecule has 1 amide bonds. The van der Waals surface area contributed by atoms with Crippen LogP contribution >= 0.6 is 12.4 Å². The molecule has 0 spiro atoms. The van der Waals surface area contributed by atoms with Crippen LogP contribution in [0.2, 0.25) is 0 Å². The van der Waals surface area contributed by atoms with Crippen molar-refractivity contribution in [3.63, 3.8) is 0 Å². The van der Waals surface area contributed by atoms with Gasteiger partial charge in [0, 0.05) is 38.5 Å². The standard InChI is InChI=1S/C26H34N2O4.ClH/c1-27(17-21-13-20-15-24(31-3)25(32-4)16-23(20)21)10-9-26(29)28-11-7-18-5-6-22(30-2)14-19(18)8-12-28;/h5-6,14-16,21H,7-13,17H2,1-4H3;1H/t21-;/m1./s1. The van der Waals surface area contributed by atoms with Crippen molar-refractivity contribution in [2.24, 2.45) is 0 Å². The molecule has 0 radical (unpaired) electrons. The van der Waals surface area contributed by atoms with E-state index in [1.807, 2.05) is 11.0 Å². The fourth-order valence-electron chi connectivity index (χ4n) is 4.89. The predicted molar refractivity (Wildman–Crippen MR) is 132 cm³/mol. The van der Waals surface area contributed by atoms with E-state index in [1.54, 1.807) is 21.3 Å². The summed E-state index contributed by atoms with van der Waals surface area (Å²) in [5.41, 5.74) is 5.29. The van der Waals surface area contributed by atoms with Crippen LogP contribution in [0.25, 0.3) is 0 Å². The van der Waals surface area contributed by atoms with Crippen molar-refractivity contribution < 1.29 is 19.0 Å². The third-order valence-electron chi connectivity index (χ3n) is 6.86. The van der Waals surface area contributed by atoms with E-state index in [0.717, 1.165) is 62.7 Å². The van der Waals surface area contributed by atoms with Gasteiger partial charge in [0.25, 0.3) is 0 Å². The third kappa shape index (κ3) is 5.56. The topological polar surface area (TPSA) is 51.2 Å². The molecule has 2 aromatic carbocycles. The first-order valence-electron chi connectivity index (χ1n) is 11.4. The zero-order valence-electron chi connectivity index (χ0n) is 20.1. The van der Waals surface area contributed by atoms with Crippen LogP contribution in [0.4, 0.5) is 0 Å². The van der Waals surface area contributed by atoms with Crippen LogP contribution in [0.1, 0.15) is 34.6 Å². The lowest BCUT2D eigenvalue weighted by atomic mass is 9.77.